The fourth-order valence-electron chi connectivity index (χ4n) is 2.50. The Balaban J connectivity index is 2.16. The normalized spacial score (nSPS) is 10.9. The molecule has 0 fully saturated rings. The smallest absolute Gasteiger partial charge is 0.144 e. The SMILES string of the molecule is CC(C)c1ccccc1-c1nccn1-c1ccccc1. The molecule has 0 N–H and O–H groups in total. The van der Waals surface area contributed by atoms with Crippen molar-refractivity contribution >= 4 is 0 Å². The largest absolute Gasteiger partial charge is 0.300 e. The number of imidazole rings is 1. The molecule has 0 saturated carbocycles. The molecule has 3 aromatic rings. The van der Waals surface area contributed by atoms with Gasteiger partial charge in [0.05, 0.1) is 0 Å². The number of para-hydroxylation sites is 1. The molecular weight excluding hydrogens is 244 g/mol. The number of hydrogen-bond donors (Lipinski definition) is 0. The van der Waals surface area contributed by atoms with Crippen molar-refractivity contribution in [2.75, 3.05) is 0 Å². The highest BCUT2D eigenvalue weighted by atomic mass is 15.1. The first-order valence-corrected chi connectivity index (χ1v) is 6.95. The first kappa shape index (κ1) is 12.7. The van der Waals surface area contributed by atoms with Gasteiger partial charge in [-0.15, -0.1) is 0 Å². The molecule has 0 bridgehead atoms. The molecule has 0 atom stereocenters. The Kier molecular flexibility index (Phi) is 3.38. The first-order valence-electron chi connectivity index (χ1n) is 6.95. The molecule has 2 nitrogen and oxygen atoms in total. The highest BCUT2D eigenvalue weighted by Gasteiger charge is 2.13. The predicted molar refractivity (Wildman–Crippen MR) is 83.1 cm³/mol. The molecule has 0 radical (unpaired) electrons. The lowest BCUT2D eigenvalue weighted by atomic mass is 9.97. The number of nitrogens with zero attached hydrogens (tertiary/aromatic N) is 2. The molecular formula is C18H18N2. The van der Waals surface area contributed by atoms with E-state index in [0.29, 0.717) is 5.92 Å². The predicted octanol–water partition coefficient (Wildman–Crippen LogP) is 4.66. The van der Waals surface area contributed by atoms with E-state index in [0.717, 1.165) is 11.5 Å². The quantitative estimate of drug-likeness (QED) is 0.671. The van der Waals surface area contributed by atoms with Gasteiger partial charge in [-0.2, -0.15) is 0 Å². The third-order valence-electron chi connectivity index (χ3n) is 3.50. The summed E-state index contributed by atoms with van der Waals surface area (Å²) in [6.07, 6.45) is 3.88. The second-order valence-corrected chi connectivity index (χ2v) is 5.20. The number of hydrogen-bond acceptors (Lipinski definition) is 1. The van der Waals surface area contributed by atoms with E-state index in [2.05, 4.69) is 59.8 Å². The lowest BCUT2D eigenvalue weighted by Crippen LogP contribution is -1.99. The molecule has 3 rings (SSSR count). The van der Waals surface area contributed by atoms with E-state index in [1.165, 1.54) is 11.1 Å². The molecule has 1 aromatic heterocycles. The number of rotatable bonds is 3. The van der Waals surface area contributed by atoms with Crippen molar-refractivity contribution < 1.29 is 0 Å². The number of aromatic nitrogens is 2. The Morgan fingerprint density at radius 1 is 0.900 bits per heavy atom. The summed E-state index contributed by atoms with van der Waals surface area (Å²) in [6, 6.07) is 18.8. The average molecular weight is 262 g/mol. The van der Waals surface area contributed by atoms with Crippen LogP contribution in [-0.4, -0.2) is 9.55 Å². The van der Waals surface area contributed by atoms with Gasteiger partial charge in [-0.25, -0.2) is 4.98 Å². The monoisotopic (exact) mass is 262 g/mol. The highest BCUT2D eigenvalue weighted by Crippen LogP contribution is 2.29. The molecule has 0 spiro atoms. The fraction of sp³-hybridized carbons (Fsp3) is 0.167. The van der Waals surface area contributed by atoms with Crippen molar-refractivity contribution in [1.82, 2.24) is 9.55 Å². The molecule has 100 valence electrons. The summed E-state index contributed by atoms with van der Waals surface area (Å²) in [5.41, 5.74) is 3.67. The maximum Gasteiger partial charge on any atom is 0.144 e. The third kappa shape index (κ3) is 2.25. The molecule has 0 unspecified atom stereocenters. The summed E-state index contributed by atoms with van der Waals surface area (Å²) in [7, 11) is 0. The Morgan fingerprint density at radius 3 is 2.35 bits per heavy atom. The zero-order valence-corrected chi connectivity index (χ0v) is 11.8. The van der Waals surface area contributed by atoms with Gasteiger partial charge in [0.1, 0.15) is 5.82 Å². The van der Waals surface area contributed by atoms with E-state index in [-0.39, 0.29) is 0 Å². The second-order valence-electron chi connectivity index (χ2n) is 5.20. The summed E-state index contributed by atoms with van der Waals surface area (Å²) < 4.78 is 2.14. The maximum atomic E-state index is 4.57. The minimum absolute atomic E-state index is 0.479. The molecule has 2 aromatic carbocycles. The average Bonchev–Trinajstić information content (AvgIpc) is 2.97. The highest BCUT2D eigenvalue weighted by molar-refractivity contribution is 5.63. The van der Waals surface area contributed by atoms with Crippen LogP contribution < -0.4 is 0 Å². The molecule has 20 heavy (non-hydrogen) atoms. The van der Waals surface area contributed by atoms with Crippen molar-refractivity contribution in [3.05, 3.63) is 72.6 Å². The summed E-state index contributed by atoms with van der Waals surface area (Å²) in [6.45, 7) is 4.43. The third-order valence-corrected chi connectivity index (χ3v) is 3.50. The van der Waals surface area contributed by atoms with Crippen molar-refractivity contribution in [2.45, 2.75) is 19.8 Å². The zero-order valence-electron chi connectivity index (χ0n) is 11.8. The Hall–Kier alpha value is -2.35. The van der Waals surface area contributed by atoms with E-state index in [9.17, 15) is 0 Å². The minimum atomic E-state index is 0.479. The number of benzene rings is 2. The van der Waals surface area contributed by atoms with E-state index >= 15 is 0 Å². The summed E-state index contributed by atoms with van der Waals surface area (Å²) >= 11 is 0. The second kappa shape index (κ2) is 5.33. The van der Waals surface area contributed by atoms with E-state index in [1.807, 2.05) is 30.6 Å². The maximum absolute atomic E-state index is 4.57. The molecule has 0 saturated heterocycles. The standard InChI is InChI=1S/C18H18N2/c1-14(2)16-10-6-7-11-17(16)18-19-12-13-20(18)15-8-4-3-5-9-15/h3-14H,1-2H3. The first-order chi connectivity index (χ1) is 9.77. The Morgan fingerprint density at radius 2 is 1.60 bits per heavy atom. The topological polar surface area (TPSA) is 17.8 Å². The van der Waals surface area contributed by atoms with Crippen LogP contribution >= 0.6 is 0 Å². The van der Waals surface area contributed by atoms with Crippen LogP contribution in [0.4, 0.5) is 0 Å². The van der Waals surface area contributed by atoms with Gasteiger partial charge in [0.15, 0.2) is 0 Å². The van der Waals surface area contributed by atoms with E-state index in [1.54, 1.807) is 0 Å². The lowest BCUT2D eigenvalue weighted by Gasteiger charge is -2.14. The van der Waals surface area contributed by atoms with E-state index < -0.39 is 0 Å². The van der Waals surface area contributed by atoms with Gasteiger partial charge in [-0.1, -0.05) is 56.3 Å². The minimum Gasteiger partial charge on any atom is -0.300 e. The van der Waals surface area contributed by atoms with Crippen LogP contribution in [0.1, 0.15) is 25.3 Å². The zero-order chi connectivity index (χ0) is 13.9. The lowest BCUT2D eigenvalue weighted by molar-refractivity contribution is 0.865. The van der Waals surface area contributed by atoms with Crippen molar-refractivity contribution in [3.8, 4) is 17.1 Å². The van der Waals surface area contributed by atoms with Crippen LogP contribution in [0.3, 0.4) is 0 Å². The van der Waals surface area contributed by atoms with Crippen molar-refractivity contribution in [1.29, 1.82) is 0 Å². The van der Waals surface area contributed by atoms with Gasteiger partial charge < -0.3 is 0 Å². The van der Waals surface area contributed by atoms with Gasteiger partial charge in [0.25, 0.3) is 0 Å². The molecule has 0 aliphatic carbocycles. The molecule has 0 aliphatic rings. The van der Waals surface area contributed by atoms with Crippen molar-refractivity contribution in [2.24, 2.45) is 0 Å². The van der Waals surface area contributed by atoms with Crippen LogP contribution in [-0.2, 0) is 0 Å². The van der Waals surface area contributed by atoms with Gasteiger partial charge in [-0.3, -0.25) is 4.57 Å². The Labute approximate surface area is 119 Å². The molecule has 0 amide bonds. The van der Waals surface area contributed by atoms with Crippen LogP contribution in [0.15, 0.2) is 67.0 Å². The Bertz CT molecular complexity index is 696. The van der Waals surface area contributed by atoms with Gasteiger partial charge in [0, 0.05) is 23.6 Å². The van der Waals surface area contributed by atoms with Gasteiger partial charge >= 0.3 is 0 Å². The molecule has 0 aliphatic heterocycles. The van der Waals surface area contributed by atoms with Crippen LogP contribution in [0.5, 0.6) is 0 Å². The van der Waals surface area contributed by atoms with Gasteiger partial charge in [-0.05, 0) is 23.6 Å². The van der Waals surface area contributed by atoms with Crippen LogP contribution in [0.25, 0.3) is 17.1 Å². The fourth-order valence-corrected chi connectivity index (χ4v) is 2.50. The van der Waals surface area contributed by atoms with Crippen LogP contribution in [0, 0.1) is 0 Å². The molecule has 1 heterocycles. The van der Waals surface area contributed by atoms with Gasteiger partial charge in [0.2, 0.25) is 0 Å². The van der Waals surface area contributed by atoms with Crippen molar-refractivity contribution in [3.63, 3.8) is 0 Å². The van der Waals surface area contributed by atoms with Crippen LogP contribution in [0.2, 0.25) is 0 Å². The molecule has 2 heteroatoms. The summed E-state index contributed by atoms with van der Waals surface area (Å²) in [4.78, 5) is 4.57. The summed E-state index contributed by atoms with van der Waals surface area (Å²) in [5.74, 6) is 1.48. The van der Waals surface area contributed by atoms with E-state index in [4.69, 9.17) is 0 Å². The summed E-state index contributed by atoms with van der Waals surface area (Å²) in [5, 5.41) is 0.